The van der Waals surface area contributed by atoms with Crippen LogP contribution in [0.1, 0.15) is 54.7 Å². The van der Waals surface area contributed by atoms with Gasteiger partial charge in [0.15, 0.2) is 11.5 Å². The summed E-state index contributed by atoms with van der Waals surface area (Å²) in [6.45, 7) is 3.05. The number of rotatable bonds is 6. The highest BCUT2D eigenvalue weighted by Crippen LogP contribution is 2.42. The van der Waals surface area contributed by atoms with Crippen LogP contribution in [0, 0.1) is 11.6 Å². The van der Waals surface area contributed by atoms with E-state index in [0.717, 1.165) is 45.2 Å². The van der Waals surface area contributed by atoms with Crippen LogP contribution in [0.2, 0.25) is 0 Å². The molecule has 3 fully saturated rings. The average molecular weight is 635 g/mol. The number of nitrogens with one attached hydrogen (secondary N) is 1. The van der Waals surface area contributed by atoms with Gasteiger partial charge in [-0.05, 0) is 67.2 Å². The van der Waals surface area contributed by atoms with E-state index in [1.807, 2.05) is 0 Å². The quantitative estimate of drug-likeness (QED) is 0.407. The van der Waals surface area contributed by atoms with Crippen LogP contribution < -0.4 is 10.1 Å². The van der Waals surface area contributed by atoms with Crippen molar-refractivity contribution in [2.24, 2.45) is 0 Å². The van der Waals surface area contributed by atoms with E-state index in [1.54, 1.807) is 16.6 Å². The van der Waals surface area contributed by atoms with Crippen molar-refractivity contribution in [1.29, 1.82) is 0 Å². The standard InChI is InChI=1S/C28H31BrF3N7O2/c1-37(16-4-5-16)26(40)25-20(19-12-33-7-3-9-39(19)36-25)23-17-10-18(31)21(29)22(32)24(17)35-27(34-23)41-14-28-6-2-8-38(28)13-15(30)11-28/h10,15-16,33H,2-9,11-14H2,1H3/t15-,28+/m1/s1. The summed E-state index contributed by atoms with van der Waals surface area (Å²) in [4.78, 5) is 26.6. The molecule has 2 saturated heterocycles. The van der Waals surface area contributed by atoms with Gasteiger partial charge in [-0.3, -0.25) is 14.4 Å². The maximum atomic E-state index is 15.6. The lowest BCUT2D eigenvalue weighted by atomic mass is 9.95. The molecule has 1 aliphatic carbocycles. The normalized spacial score (nSPS) is 24.4. The van der Waals surface area contributed by atoms with Crippen LogP contribution in [0.25, 0.3) is 22.2 Å². The van der Waals surface area contributed by atoms with Gasteiger partial charge in [-0.1, -0.05) is 0 Å². The van der Waals surface area contributed by atoms with Gasteiger partial charge in [0, 0.05) is 44.5 Å². The number of hydrogen-bond acceptors (Lipinski definition) is 7. The lowest BCUT2D eigenvalue weighted by Crippen LogP contribution is -2.43. The van der Waals surface area contributed by atoms with Crippen molar-refractivity contribution in [2.45, 2.75) is 69.4 Å². The number of carbonyl (C=O) groups is 1. The fraction of sp³-hybridized carbons (Fsp3) is 0.571. The van der Waals surface area contributed by atoms with Crippen LogP contribution in [0.15, 0.2) is 10.5 Å². The van der Waals surface area contributed by atoms with Crippen LogP contribution in [-0.2, 0) is 13.1 Å². The van der Waals surface area contributed by atoms with Crippen molar-refractivity contribution in [3.8, 4) is 17.3 Å². The van der Waals surface area contributed by atoms with E-state index >= 15 is 4.39 Å². The van der Waals surface area contributed by atoms with Crippen LogP contribution in [0.3, 0.4) is 0 Å². The highest BCUT2D eigenvalue weighted by atomic mass is 79.9. The number of alkyl halides is 1. The van der Waals surface area contributed by atoms with Gasteiger partial charge in [0.05, 0.1) is 27.0 Å². The Hall–Kier alpha value is -2.77. The molecule has 1 aromatic carbocycles. The maximum absolute atomic E-state index is 15.6. The van der Waals surface area contributed by atoms with E-state index in [4.69, 9.17) is 14.8 Å². The topological polar surface area (TPSA) is 88.4 Å². The van der Waals surface area contributed by atoms with Gasteiger partial charge in [0.1, 0.15) is 24.1 Å². The van der Waals surface area contributed by atoms with E-state index in [1.165, 1.54) is 6.07 Å². The zero-order valence-corrected chi connectivity index (χ0v) is 24.3. The zero-order valence-electron chi connectivity index (χ0n) is 22.7. The van der Waals surface area contributed by atoms with Crippen molar-refractivity contribution in [2.75, 3.05) is 33.3 Å². The first-order valence-electron chi connectivity index (χ1n) is 14.2. The molecule has 4 aliphatic rings. The summed E-state index contributed by atoms with van der Waals surface area (Å²) in [5.74, 6) is -1.97. The van der Waals surface area contributed by atoms with Crippen molar-refractivity contribution in [1.82, 2.24) is 34.9 Å². The minimum atomic E-state index is -0.934. The Balaban J connectivity index is 1.39. The van der Waals surface area contributed by atoms with Gasteiger partial charge in [0.2, 0.25) is 0 Å². The number of halogens is 4. The van der Waals surface area contributed by atoms with Crippen LogP contribution >= 0.6 is 15.9 Å². The SMILES string of the molecule is CN(C(=O)c1nn2c(c1-c1nc(OC[C@@]34CCCN3C[C@H](F)C4)nc3c(F)c(Br)c(F)cc13)CNCCC2)C1CC1. The number of aromatic nitrogens is 4. The van der Waals surface area contributed by atoms with Crippen molar-refractivity contribution < 1.29 is 22.7 Å². The van der Waals surface area contributed by atoms with E-state index in [0.29, 0.717) is 37.3 Å². The number of fused-ring (bicyclic) bond motifs is 3. The Morgan fingerprint density at radius 1 is 1.27 bits per heavy atom. The second-order valence-corrected chi connectivity index (χ2v) is 12.5. The molecule has 1 N–H and O–H groups in total. The molecular formula is C28H31BrF3N7O2. The lowest BCUT2D eigenvalue weighted by Gasteiger charge is -2.30. The average Bonchev–Trinajstić information content (AvgIpc) is 3.62. The molecule has 2 aromatic heterocycles. The summed E-state index contributed by atoms with van der Waals surface area (Å²) in [6.07, 6.45) is 3.80. The van der Waals surface area contributed by atoms with Crippen LogP contribution in [0.4, 0.5) is 13.2 Å². The number of aryl methyl sites for hydroxylation is 1. The largest absolute Gasteiger partial charge is 0.461 e. The second-order valence-electron chi connectivity index (χ2n) is 11.7. The van der Waals surface area contributed by atoms with Gasteiger partial charge >= 0.3 is 6.01 Å². The summed E-state index contributed by atoms with van der Waals surface area (Å²) < 4.78 is 52.5. The maximum Gasteiger partial charge on any atom is 0.317 e. The molecule has 2 atom stereocenters. The summed E-state index contributed by atoms with van der Waals surface area (Å²) >= 11 is 3.00. The van der Waals surface area contributed by atoms with Crippen molar-refractivity contribution >= 4 is 32.7 Å². The van der Waals surface area contributed by atoms with Crippen molar-refractivity contribution in [3.63, 3.8) is 0 Å². The number of hydrogen-bond donors (Lipinski definition) is 1. The highest BCUT2D eigenvalue weighted by Gasteiger charge is 2.49. The Kier molecular flexibility index (Phi) is 6.74. The molecule has 1 amide bonds. The summed E-state index contributed by atoms with van der Waals surface area (Å²) in [7, 11) is 1.75. The minimum absolute atomic E-state index is 0.107. The Bertz CT molecular complexity index is 1550. The molecule has 218 valence electrons. The van der Waals surface area contributed by atoms with E-state index < -0.39 is 23.3 Å². The number of amides is 1. The fourth-order valence-electron chi connectivity index (χ4n) is 6.67. The first-order valence-corrected chi connectivity index (χ1v) is 15.0. The first-order chi connectivity index (χ1) is 19.8. The minimum Gasteiger partial charge on any atom is -0.461 e. The number of carbonyl (C=O) groups excluding carboxylic acids is 1. The number of benzene rings is 1. The molecule has 7 rings (SSSR count). The molecule has 0 spiro atoms. The highest BCUT2D eigenvalue weighted by molar-refractivity contribution is 9.10. The smallest absolute Gasteiger partial charge is 0.317 e. The second kappa shape index (κ2) is 10.2. The van der Waals surface area contributed by atoms with Gasteiger partial charge < -0.3 is 15.0 Å². The Labute approximate surface area is 243 Å². The van der Waals surface area contributed by atoms with E-state index in [9.17, 15) is 13.6 Å². The molecule has 0 radical (unpaired) electrons. The molecular weight excluding hydrogens is 603 g/mol. The zero-order chi connectivity index (χ0) is 28.5. The first kappa shape index (κ1) is 27.1. The molecule has 5 heterocycles. The van der Waals surface area contributed by atoms with E-state index in [2.05, 4.69) is 31.1 Å². The molecule has 0 unspecified atom stereocenters. The van der Waals surface area contributed by atoms with Gasteiger partial charge in [0.25, 0.3) is 5.91 Å². The third-order valence-corrected chi connectivity index (χ3v) is 9.69. The Morgan fingerprint density at radius 3 is 2.90 bits per heavy atom. The molecule has 0 bridgehead atoms. The molecule has 13 heteroatoms. The molecule has 3 aromatic rings. The Morgan fingerprint density at radius 2 is 2.10 bits per heavy atom. The monoisotopic (exact) mass is 633 g/mol. The van der Waals surface area contributed by atoms with E-state index in [-0.39, 0.29) is 51.3 Å². The third kappa shape index (κ3) is 4.60. The van der Waals surface area contributed by atoms with Crippen LogP contribution in [0.5, 0.6) is 6.01 Å². The number of nitrogens with zero attached hydrogens (tertiary/aromatic N) is 6. The lowest BCUT2D eigenvalue weighted by molar-refractivity contribution is 0.0779. The fourth-order valence-corrected chi connectivity index (χ4v) is 6.97. The molecule has 9 nitrogen and oxygen atoms in total. The third-order valence-electron chi connectivity index (χ3n) is 8.97. The molecule has 3 aliphatic heterocycles. The van der Waals surface area contributed by atoms with Gasteiger partial charge in [-0.25, -0.2) is 13.2 Å². The summed E-state index contributed by atoms with van der Waals surface area (Å²) in [5.41, 5.74) is 0.895. The predicted octanol–water partition coefficient (Wildman–Crippen LogP) is 4.22. The predicted molar refractivity (Wildman–Crippen MR) is 148 cm³/mol. The summed E-state index contributed by atoms with van der Waals surface area (Å²) in [5, 5.41) is 8.19. The molecule has 1 saturated carbocycles. The molecule has 41 heavy (non-hydrogen) atoms. The van der Waals surface area contributed by atoms with Gasteiger partial charge in [-0.15, -0.1) is 0 Å². The van der Waals surface area contributed by atoms with Crippen LogP contribution in [-0.4, -0.2) is 86.5 Å². The summed E-state index contributed by atoms with van der Waals surface area (Å²) in [6, 6.07) is 1.21. The van der Waals surface area contributed by atoms with Crippen molar-refractivity contribution in [3.05, 3.63) is 33.6 Å². The number of ether oxygens (including phenoxy) is 1. The van der Waals surface area contributed by atoms with Gasteiger partial charge in [-0.2, -0.15) is 15.1 Å².